The number of nitrogens with zero attached hydrogens (tertiary/aromatic N) is 3. The first-order valence-corrected chi connectivity index (χ1v) is 6.54. The molecule has 6 nitrogen and oxygen atoms in total. The molecule has 1 aromatic carbocycles. The van der Waals surface area contributed by atoms with E-state index >= 15 is 0 Å². The van der Waals surface area contributed by atoms with Crippen molar-refractivity contribution in [2.45, 2.75) is 6.54 Å². The molecule has 0 spiro atoms. The van der Waals surface area contributed by atoms with E-state index in [1.807, 2.05) is 24.3 Å². The average molecular weight is 281 g/mol. The van der Waals surface area contributed by atoms with Crippen LogP contribution in [0.2, 0.25) is 0 Å². The maximum absolute atomic E-state index is 12.6. The number of hydrogen-bond acceptors (Lipinski definition) is 4. The number of nitrogen functional groups attached to an aromatic ring is 1. The summed E-state index contributed by atoms with van der Waals surface area (Å²) in [6, 6.07) is 7.49. The highest BCUT2D eigenvalue weighted by molar-refractivity contribution is 6.08. The number of imidazole rings is 1. The lowest BCUT2D eigenvalue weighted by molar-refractivity contribution is 0.0783. The first kappa shape index (κ1) is 13.1. The van der Waals surface area contributed by atoms with Crippen LogP contribution in [0.25, 0.3) is 10.8 Å². The van der Waals surface area contributed by atoms with Crippen molar-refractivity contribution in [3.05, 3.63) is 54.2 Å². The molecule has 106 valence electrons. The Balaban J connectivity index is 1.96. The van der Waals surface area contributed by atoms with Crippen molar-refractivity contribution < 1.29 is 4.79 Å². The Bertz CT molecular complexity index is 782. The third kappa shape index (κ3) is 2.43. The van der Waals surface area contributed by atoms with E-state index in [-0.39, 0.29) is 5.91 Å². The number of carbonyl (C=O) groups is 1. The lowest BCUT2D eigenvalue weighted by Gasteiger charge is -2.17. The highest BCUT2D eigenvalue weighted by atomic mass is 16.2. The lowest BCUT2D eigenvalue weighted by atomic mass is 10.1. The molecule has 1 amide bonds. The SMILES string of the molecule is CN(Cc1ncc[nH]1)C(=O)c1cnc(N)c2ccccc12. The highest BCUT2D eigenvalue weighted by Crippen LogP contribution is 2.23. The quantitative estimate of drug-likeness (QED) is 0.766. The van der Waals surface area contributed by atoms with Gasteiger partial charge in [-0.25, -0.2) is 9.97 Å². The number of rotatable bonds is 3. The summed E-state index contributed by atoms with van der Waals surface area (Å²) < 4.78 is 0. The number of anilines is 1. The van der Waals surface area contributed by atoms with E-state index in [4.69, 9.17) is 5.73 Å². The van der Waals surface area contributed by atoms with Gasteiger partial charge in [0.2, 0.25) is 0 Å². The molecule has 0 aliphatic rings. The van der Waals surface area contributed by atoms with Gasteiger partial charge >= 0.3 is 0 Å². The number of aromatic nitrogens is 3. The van der Waals surface area contributed by atoms with Gasteiger partial charge in [-0.3, -0.25) is 4.79 Å². The van der Waals surface area contributed by atoms with Gasteiger partial charge in [0.25, 0.3) is 5.91 Å². The fourth-order valence-corrected chi connectivity index (χ4v) is 2.27. The van der Waals surface area contributed by atoms with Crippen molar-refractivity contribution in [3.63, 3.8) is 0 Å². The Morgan fingerprint density at radius 1 is 1.29 bits per heavy atom. The molecule has 3 aromatic rings. The molecule has 0 radical (unpaired) electrons. The highest BCUT2D eigenvalue weighted by Gasteiger charge is 2.17. The van der Waals surface area contributed by atoms with Crippen LogP contribution in [0.3, 0.4) is 0 Å². The number of fused-ring (bicyclic) bond motifs is 1. The summed E-state index contributed by atoms with van der Waals surface area (Å²) in [6.07, 6.45) is 4.92. The average Bonchev–Trinajstić information content (AvgIpc) is 3.00. The van der Waals surface area contributed by atoms with Gasteiger partial charge in [0, 0.05) is 31.0 Å². The number of pyridine rings is 1. The Hall–Kier alpha value is -2.89. The second-order valence-corrected chi connectivity index (χ2v) is 4.80. The number of aromatic amines is 1. The normalized spacial score (nSPS) is 10.7. The van der Waals surface area contributed by atoms with Crippen LogP contribution >= 0.6 is 0 Å². The van der Waals surface area contributed by atoms with Crippen molar-refractivity contribution >= 4 is 22.5 Å². The lowest BCUT2D eigenvalue weighted by Crippen LogP contribution is -2.27. The van der Waals surface area contributed by atoms with Crippen molar-refractivity contribution in [3.8, 4) is 0 Å². The number of nitrogens with one attached hydrogen (secondary N) is 1. The third-order valence-electron chi connectivity index (χ3n) is 3.34. The largest absolute Gasteiger partial charge is 0.383 e. The van der Waals surface area contributed by atoms with Gasteiger partial charge in [-0.2, -0.15) is 0 Å². The van der Waals surface area contributed by atoms with Crippen LogP contribution in [-0.2, 0) is 6.54 Å². The summed E-state index contributed by atoms with van der Waals surface area (Å²) in [5.41, 5.74) is 6.40. The monoisotopic (exact) mass is 281 g/mol. The van der Waals surface area contributed by atoms with Crippen LogP contribution in [0.4, 0.5) is 5.82 Å². The van der Waals surface area contributed by atoms with Gasteiger partial charge in [0.1, 0.15) is 11.6 Å². The summed E-state index contributed by atoms with van der Waals surface area (Å²) in [4.78, 5) is 25.4. The smallest absolute Gasteiger partial charge is 0.256 e. The van der Waals surface area contributed by atoms with E-state index in [1.54, 1.807) is 24.3 Å². The molecular weight excluding hydrogens is 266 g/mol. The zero-order valence-electron chi connectivity index (χ0n) is 11.6. The molecule has 3 N–H and O–H groups in total. The second-order valence-electron chi connectivity index (χ2n) is 4.80. The molecular formula is C15H15N5O. The standard InChI is InChI=1S/C15H15N5O/c1-20(9-13-17-6-7-18-13)15(21)12-8-19-14(16)11-5-3-2-4-10(11)12/h2-8H,9H2,1H3,(H2,16,19)(H,17,18). The molecule has 0 unspecified atom stereocenters. The number of hydrogen-bond donors (Lipinski definition) is 2. The maximum atomic E-state index is 12.6. The summed E-state index contributed by atoms with van der Waals surface area (Å²) in [5, 5.41) is 1.59. The van der Waals surface area contributed by atoms with Gasteiger partial charge in [0.05, 0.1) is 12.1 Å². The number of amides is 1. The Morgan fingerprint density at radius 2 is 2.05 bits per heavy atom. The molecule has 0 fully saturated rings. The van der Waals surface area contributed by atoms with Gasteiger partial charge in [-0.15, -0.1) is 0 Å². The minimum absolute atomic E-state index is 0.116. The molecule has 0 bridgehead atoms. The molecule has 21 heavy (non-hydrogen) atoms. The first-order valence-electron chi connectivity index (χ1n) is 6.54. The van der Waals surface area contributed by atoms with Crippen molar-refractivity contribution in [2.75, 3.05) is 12.8 Å². The summed E-state index contributed by atoms with van der Waals surface area (Å²) in [5.74, 6) is 1.05. The van der Waals surface area contributed by atoms with E-state index in [2.05, 4.69) is 15.0 Å². The van der Waals surface area contributed by atoms with Gasteiger partial charge in [-0.1, -0.05) is 24.3 Å². The number of carbonyl (C=O) groups excluding carboxylic acids is 1. The molecule has 6 heteroatoms. The zero-order valence-corrected chi connectivity index (χ0v) is 11.6. The molecule has 0 aliphatic carbocycles. The minimum atomic E-state index is -0.116. The van der Waals surface area contributed by atoms with Crippen LogP contribution in [0.15, 0.2) is 42.9 Å². The second kappa shape index (κ2) is 5.24. The van der Waals surface area contributed by atoms with E-state index < -0.39 is 0 Å². The maximum Gasteiger partial charge on any atom is 0.256 e. The van der Waals surface area contributed by atoms with Crippen LogP contribution in [0, 0.1) is 0 Å². The molecule has 0 aliphatic heterocycles. The molecule has 0 saturated heterocycles. The van der Waals surface area contributed by atoms with Gasteiger partial charge < -0.3 is 15.6 Å². The third-order valence-corrected chi connectivity index (χ3v) is 3.34. The molecule has 3 rings (SSSR count). The first-order chi connectivity index (χ1) is 10.2. The van der Waals surface area contributed by atoms with Crippen molar-refractivity contribution in [1.82, 2.24) is 19.9 Å². The number of H-pyrrole nitrogens is 1. The minimum Gasteiger partial charge on any atom is -0.383 e. The predicted molar refractivity (Wildman–Crippen MR) is 80.5 cm³/mol. The van der Waals surface area contributed by atoms with Crippen LogP contribution in [0.5, 0.6) is 0 Å². The predicted octanol–water partition coefficient (Wildman–Crippen LogP) is 1.81. The molecule has 2 heterocycles. The molecule has 2 aromatic heterocycles. The van der Waals surface area contributed by atoms with Crippen molar-refractivity contribution in [1.29, 1.82) is 0 Å². The number of nitrogens with two attached hydrogens (primary N) is 1. The fourth-order valence-electron chi connectivity index (χ4n) is 2.27. The van der Waals surface area contributed by atoms with Gasteiger partial charge in [-0.05, 0) is 5.39 Å². The zero-order chi connectivity index (χ0) is 14.8. The summed E-state index contributed by atoms with van der Waals surface area (Å²) >= 11 is 0. The van der Waals surface area contributed by atoms with Gasteiger partial charge in [0.15, 0.2) is 0 Å². The van der Waals surface area contributed by atoms with Crippen LogP contribution in [-0.4, -0.2) is 32.8 Å². The van der Waals surface area contributed by atoms with E-state index in [0.717, 1.165) is 16.6 Å². The molecule has 0 saturated carbocycles. The van der Waals surface area contributed by atoms with E-state index in [9.17, 15) is 4.79 Å². The van der Waals surface area contributed by atoms with Crippen molar-refractivity contribution in [2.24, 2.45) is 0 Å². The Morgan fingerprint density at radius 3 is 2.76 bits per heavy atom. The van der Waals surface area contributed by atoms with Crippen LogP contribution in [0.1, 0.15) is 16.2 Å². The summed E-state index contributed by atoms with van der Waals surface area (Å²) in [7, 11) is 1.73. The van der Waals surface area contributed by atoms with Crippen LogP contribution < -0.4 is 5.73 Å². The topological polar surface area (TPSA) is 87.9 Å². The van der Waals surface area contributed by atoms with E-state index in [0.29, 0.717) is 17.9 Å². The van der Waals surface area contributed by atoms with E-state index in [1.165, 1.54) is 6.20 Å². The Kier molecular flexibility index (Phi) is 3.27. The summed E-state index contributed by atoms with van der Waals surface area (Å²) in [6.45, 7) is 0.407. The fraction of sp³-hybridized carbons (Fsp3) is 0.133. The molecule has 0 atom stereocenters. The number of benzene rings is 1. The Labute approximate surface area is 121 Å².